The molecule has 0 saturated heterocycles. The van der Waals surface area contributed by atoms with Crippen LogP contribution in [-0.2, 0) is 0 Å². The van der Waals surface area contributed by atoms with Gasteiger partial charge < -0.3 is 5.73 Å². The van der Waals surface area contributed by atoms with Crippen molar-refractivity contribution in [1.82, 2.24) is 0 Å². The Kier molecular flexibility index (Phi) is 4.43. The van der Waals surface area contributed by atoms with Gasteiger partial charge in [0.05, 0.1) is 0 Å². The minimum absolute atomic E-state index is 0.162. The molecule has 1 aromatic heterocycles. The fourth-order valence-corrected chi connectivity index (χ4v) is 4.19. The van der Waals surface area contributed by atoms with Crippen molar-refractivity contribution in [3.63, 3.8) is 0 Å². The lowest BCUT2D eigenvalue weighted by Crippen LogP contribution is -2.07. The fraction of sp³-hybridized carbons (Fsp3) is 0.222. The number of rotatable bonds is 4. The summed E-state index contributed by atoms with van der Waals surface area (Å²) >= 11 is 5.45. The van der Waals surface area contributed by atoms with E-state index in [0.717, 1.165) is 17.3 Å². The summed E-state index contributed by atoms with van der Waals surface area (Å²) in [6.07, 6.45) is 2.16. The summed E-state index contributed by atoms with van der Waals surface area (Å²) in [4.78, 5) is 2.57. The molecule has 0 aliphatic carbocycles. The van der Waals surface area contributed by atoms with E-state index in [1.807, 2.05) is 11.3 Å². The molecule has 0 bridgehead atoms. The topological polar surface area (TPSA) is 26.0 Å². The van der Waals surface area contributed by atoms with Crippen LogP contribution < -0.4 is 5.73 Å². The summed E-state index contributed by atoms with van der Waals surface area (Å²) in [5.41, 5.74) is 7.52. The molecule has 21 heavy (non-hydrogen) atoms. The van der Waals surface area contributed by atoms with Gasteiger partial charge in [0.15, 0.2) is 0 Å². The predicted octanol–water partition coefficient (Wildman–Crippen LogP) is 6.13. The van der Waals surface area contributed by atoms with Crippen LogP contribution in [-0.4, -0.2) is 0 Å². The summed E-state index contributed by atoms with van der Waals surface area (Å²) in [5, 5.41) is 2.53. The highest BCUT2D eigenvalue weighted by atomic mass is 79.9. The molecular weight excluding hydrogens is 342 g/mol. The number of halogens is 1. The van der Waals surface area contributed by atoms with Gasteiger partial charge in [-0.1, -0.05) is 59.6 Å². The molecule has 3 aromatic rings. The van der Waals surface area contributed by atoms with E-state index >= 15 is 0 Å². The highest BCUT2D eigenvalue weighted by Gasteiger charge is 2.12. The molecule has 1 heterocycles. The second kappa shape index (κ2) is 6.30. The zero-order valence-corrected chi connectivity index (χ0v) is 14.4. The largest absolute Gasteiger partial charge is 0.323 e. The molecule has 1 unspecified atom stereocenters. The quantitative estimate of drug-likeness (QED) is 0.595. The Bertz CT molecular complexity index is 763. The third-order valence-electron chi connectivity index (χ3n) is 3.73. The second-order valence-corrected chi connectivity index (χ2v) is 7.21. The van der Waals surface area contributed by atoms with E-state index in [4.69, 9.17) is 5.73 Å². The van der Waals surface area contributed by atoms with Crippen molar-refractivity contribution >= 4 is 38.0 Å². The summed E-state index contributed by atoms with van der Waals surface area (Å²) in [6.45, 7) is 2.18. The molecule has 0 amide bonds. The molecule has 1 atom stereocenters. The van der Waals surface area contributed by atoms with Crippen LogP contribution in [0, 0.1) is 0 Å². The van der Waals surface area contributed by atoms with Gasteiger partial charge in [-0.3, -0.25) is 0 Å². The molecular formula is C18H18BrNS. The van der Waals surface area contributed by atoms with Gasteiger partial charge in [0.2, 0.25) is 0 Å². The van der Waals surface area contributed by atoms with Crippen molar-refractivity contribution in [2.45, 2.75) is 25.8 Å². The van der Waals surface area contributed by atoms with E-state index < -0.39 is 0 Å². The van der Waals surface area contributed by atoms with Crippen molar-refractivity contribution in [2.24, 2.45) is 5.73 Å². The van der Waals surface area contributed by atoms with Crippen molar-refractivity contribution < 1.29 is 0 Å². The van der Waals surface area contributed by atoms with Crippen LogP contribution >= 0.6 is 27.3 Å². The minimum atomic E-state index is 0.162. The Morgan fingerprint density at radius 2 is 1.81 bits per heavy atom. The highest BCUT2D eigenvalue weighted by molar-refractivity contribution is 9.10. The molecule has 0 aliphatic heterocycles. The van der Waals surface area contributed by atoms with Gasteiger partial charge in [-0.15, -0.1) is 11.3 Å². The second-order valence-electron chi connectivity index (χ2n) is 5.24. The lowest BCUT2D eigenvalue weighted by molar-refractivity contribution is 0.648. The van der Waals surface area contributed by atoms with Gasteiger partial charge in [0.25, 0.3) is 0 Å². The zero-order valence-electron chi connectivity index (χ0n) is 12.0. The van der Waals surface area contributed by atoms with E-state index in [1.54, 1.807) is 0 Å². The SMILES string of the molecule is CCCC(N)c1ccc(-c2ccc(Br)c3ccccc23)s1. The third-order valence-corrected chi connectivity index (χ3v) is 5.67. The first kappa shape index (κ1) is 14.8. The molecule has 0 spiro atoms. The number of thiophene rings is 1. The molecule has 108 valence electrons. The summed E-state index contributed by atoms with van der Waals surface area (Å²) in [5.74, 6) is 0. The first-order valence-electron chi connectivity index (χ1n) is 7.23. The Morgan fingerprint density at radius 3 is 2.57 bits per heavy atom. The van der Waals surface area contributed by atoms with Crippen LogP contribution in [0.15, 0.2) is 53.0 Å². The Hall–Kier alpha value is -1.16. The Labute approximate surface area is 137 Å². The summed E-state index contributed by atoms with van der Waals surface area (Å²) < 4.78 is 1.14. The monoisotopic (exact) mass is 359 g/mol. The number of fused-ring (bicyclic) bond motifs is 1. The summed E-state index contributed by atoms with van der Waals surface area (Å²) in [6, 6.07) is 17.4. The molecule has 0 aliphatic rings. The van der Waals surface area contributed by atoms with Gasteiger partial charge in [-0.05, 0) is 41.0 Å². The third kappa shape index (κ3) is 2.91. The molecule has 1 nitrogen and oxygen atoms in total. The standard InChI is InChI=1S/C18H18BrNS/c1-2-5-16(20)18-11-10-17(21-18)14-8-9-15(19)13-7-4-3-6-12(13)14/h3-4,6-11,16H,2,5,20H2,1H3. The molecule has 0 fully saturated rings. The van der Waals surface area contributed by atoms with E-state index in [-0.39, 0.29) is 6.04 Å². The van der Waals surface area contributed by atoms with Gasteiger partial charge >= 0.3 is 0 Å². The van der Waals surface area contributed by atoms with Crippen LogP contribution in [0.3, 0.4) is 0 Å². The molecule has 3 heteroatoms. The summed E-state index contributed by atoms with van der Waals surface area (Å²) in [7, 11) is 0. The minimum Gasteiger partial charge on any atom is -0.323 e. The van der Waals surface area contributed by atoms with Gasteiger partial charge in [0.1, 0.15) is 0 Å². The molecule has 2 aromatic carbocycles. The maximum atomic E-state index is 6.24. The van der Waals surface area contributed by atoms with Gasteiger partial charge in [-0.2, -0.15) is 0 Å². The van der Waals surface area contributed by atoms with Crippen LogP contribution in [0.2, 0.25) is 0 Å². The van der Waals surface area contributed by atoms with Crippen molar-refractivity contribution in [3.05, 3.63) is 57.9 Å². The fourth-order valence-electron chi connectivity index (χ4n) is 2.63. The first-order valence-corrected chi connectivity index (χ1v) is 8.84. The number of benzene rings is 2. The Balaban J connectivity index is 2.07. The normalized spacial score (nSPS) is 12.7. The number of hydrogen-bond acceptors (Lipinski definition) is 2. The lowest BCUT2D eigenvalue weighted by Gasteiger charge is -2.08. The number of hydrogen-bond donors (Lipinski definition) is 1. The number of nitrogens with two attached hydrogens (primary N) is 1. The van der Waals surface area contributed by atoms with E-state index in [2.05, 4.69) is 71.4 Å². The maximum absolute atomic E-state index is 6.24. The average molecular weight is 360 g/mol. The molecule has 3 rings (SSSR count). The highest BCUT2D eigenvalue weighted by Crippen LogP contribution is 2.38. The molecule has 0 saturated carbocycles. The van der Waals surface area contributed by atoms with E-state index in [9.17, 15) is 0 Å². The van der Waals surface area contributed by atoms with Crippen LogP contribution in [0.4, 0.5) is 0 Å². The zero-order chi connectivity index (χ0) is 14.8. The molecule has 0 radical (unpaired) electrons. The van der Waals surface area contributed by atoms with Crippen LogP contribution in [0.1, 0.15) is 30.7 Å². The lowest BCUT2D eigenvalue weighted by atomic mass is 10.0. The smallest absolute Gasteiger partial charge is 0.0389 e. The average Bonchev–Trinajstić information content (AvgIpc) is 2.98. The van der Waals surface area contributed by atoms with Gasteiger partial charge in [0, 0.05) is 20.3 Å². The van der Waals surface area contributed by atoms with Crippen LogP contribution in [0.25, 0.3) is 21.2 Å². The molecule has 2 N–H and O–H groups in total. The van der Waals surface area contributed by atoms with Crippen LogP contribution in [0.5, 0.6) is 0 Å². The predicted molar refractivity (Wildman–Crippen MR) is 96.8 cm³/mol. The van der Waals surface area contributed by atoms with Crippen molar-refractivity contribution in [3.8, 4) is 10.4 Å². The maximum Gasteiger partial charge on any atom is 0.0389 e. The Morgan fingerprint density at radius 1 is 1.05 bits per heavy atom. The first-order chi connectivity index (χ1) is 10.2. The van der Waals surface area contributed by atoms with E-state index in [0.29, 0.717) is 0 Å². The van der Waals surface area contributed by atoms with E-state index in [1.165, 1.54) is 26.1 Å². The van der Waals surface area contributed by atoms with Crippen molar-refractivity contribution in [1.29, 1.82) is 0 Å². The van der Waals surface area contributed by atoms with Crippen molar-refractivity contribution in [2.75, 3.05) is 0 Å². The van der Waals surface area contributed by atoms with Gasteiger partial charge in [-0.25, -0.2) is 0 Å².